The van der Waals surface area contributed by atoms with Crippen LogP contribution in [0.4, 0.5) is 0 Å². The van der Waals surface area contributed by atoms with Gasteiger partial charge in [0, 0.05) is 33.5 Å². The highest BCUT2D eigenvalue weighted by Crippen LogP contribution is 1.95. The second kappa shape index (κ2) is 10.9. The Balaban J connectivity index is 3.40. The van der Waals surface area contributed by atoms with E-state index in [1.165, 1.54) is 0 Å². The molecule has 1 unspecified atom stereocenters. The number of methoxy groups -OCH3 is 1. The summed E-state index contributed by atoms with van der Waals surface area (Å²) >= 11 is 0. The van der Waals surface area contributed by atoms with Crippen molar-refractivity contribution in [2.24, 2.45) is 5.73 Å². The van der Waals surface area contributed by atoms with E-state index < -0.39 is 6.04 Å². The zero-order valence-electron chi connectivity index (χ0n) is 10.3. The van der Waals surface area contributed by atoms with Crippen molar-refractivity contribution in [3.63, 3.8) is 0 Å². The summed E-state index contributed by atoms with van der Waals surface area (Å²) in [5, 5.41) is 2.78. The first-order valence-electron chi connectivity index (χ1n) is 5.82. The van der Waals surface area contributed by atoms with Crippen molar-refractivity contribution in [1.82, 2.24) is 5.32 Å². The summed E-state index contributed by atoms with van der Waals surface area (Å²) < 4.78 is 10.0. The molecule has 0 bridgehead atoms. The van der Waals surface area contributed by atoms with Crippen LogP contribution in [-0.2, 0) is 14.3 Å². The minimum absolute atomic E-state index is 0.0902. The quantitative estimate of drug-likeness (QED) is 0.531. The Morgan fingerprint density at radius 1 is 1.38 bits per heavy atom. The van der Waals surface area contributed by atoms with E-state index in [0.29, 0.717) is 32.8 Å². The lowest BCUT2D eigenvalue weighted by molar-refractivity contribution is -0.122. The summed E-state index contributed by atoms with van der Waals surface area (Å²) in [6.07, 6.45) is 2.29. The van der Waals surface area contributed by atoms with E-state index >= 15 is 0 Å². The molecule has 5 heteroatoms. The average Bonchev–Trinajstić information content (AvgIpc) is 2.28. The molecule has 0 radical (unpaired) electrons. The van der Waals surface area contributed by atoms with Gasteiger partial charge in [0.1, 0.15) is 0 Å². The van der Waals surface area contributed by atoms with Crippen molar-refractivity contribution in [3.05, 3.63) is 0 Å². The first-order valence-corrected chi connectivity index (χ1v) is 5.82. The molecule has 5 nitrogen and oxygen atoms in total. The van der Waals surface area contributed by atoms with Crippen LogP contribution >= 0.6 is 0 Å². The van der Waals surface area contributed by atoms with Crippen LogP contribution in [0, 0.1) is 0 Å². The average molecular weight is 232 g/mol. The van der Waals surface area contributed by atoms with Crippen LogP contribution in [0.25, 0.3) is 0 Å². The number of ether oxygens (including phenoxy) is 2. The predicted octanol–water partition coefficient (Wildman–Crippen LogP) is 0.283. The van der Waals surface area contributed by atoms with Gasteiger partial charge in [0.05, 0.1) is 6.04 Å². The van der Waals surface area contributed by atoms with Crippen molar-refractivity contribution < 1.29 is 14.3 Å². The normalized spacial score (nSPS) is 12.4. The number of rotatable bonds is 10. The fourth-order valence-electron chi connectivity index (χ4n) is 1.24. The number of carbonyl (C=O) groups excluding carboxylic acids is 1. The fourth-order valence-corrected chi connectivity index (χ4v) is 1.24. The Morgan fingerprint density at radius 2 is 2.12 bits per heavy atom. The molecule has 96 valence electrons. The molecule has 0 spiro atoms. The number of amides is 1. The first kappa shape index (κ1) is 15.3. The third-order valence-corrected chi connectivity index (χ3v) is 2.17. The lowest BCUT2D eigenvalue weighted by atomic mass is 10.1. The highest BCUT2D eigenvalue weighted by atomic mass is 16.5. The van der Waals surface area contributed by atoms with Crippen LogP contribution in [-0.4, -0.2) is 45.4 Å². The minimum Gasteiger partial charge on any atom is -0.385 e. The predicted molar refractivity (Wildman–Crippen MR) is 63.2 cm³/mol. The fraction of sp³-hybridized carbons (Fsp3) is 0.909. The monoisotopic (exact) mass is 232 g/mol. The maximum Gasteiger partial charge on any atom is 0.236 e. The highest BCUT2D eigenvalue weighted by Gasteiger charge is 2.11. The molecule has 0 aliphatic rings. The molecule has 0 saturated heterocycles. The van der Waals surface area contributed by atoms with Gasteiger partial charge in [0.2, 0.25) is 5.91 Å². The summed E-state index contributed by atoms with van der Waals surface area (Å²) in [5.74, 6) is -0.0902. The Morgan fingerprint density at radius 3 is 2.75 bits per heavy atom. The molecular formula is C11H24N2O3. The summed E-state index contributed by atoms with van der Waals surface area (Å²) in [6.45, 7) is 4.60. The van der Waals surface area contributed by atoms with Gasteiger partial charge in [-0.15, -0.1) is 0 Å². The van der Waals surface area contributed by atoms with Gasteiger partial charge in [0.15, 0.2) is 0 Å². The molecule has 0 aromatic heterocycles. The third kappa shape index (κ3) is 8.64. The van der Waals surface area contributed by atoms with Crippen LogP contribution < -0.4 is 11.1 Å². The number of hydrogen-bond donors (Lipinski definition) is 2. The molecule has 0 aliphatic carbocycles. The van der Waals surface area contributed by atoms with E-state index in [2.05, 4.69) is 5.32 Å². The molecule has 16 heavy (non-hydrogen) atoms. The standard InChI is InChI=1S/C11H24N2O3/c1-3-16-9-5-7-13-11(14)10(12)6-4-8-15-2/h10H,3-9,12H2,1-2H3,(H,13,14). The van der Waals surface area contributed by atoms with Crippen LogP contribution in [0.5, 0.6) is 0 Å². The zero-order chi connectivity index (χ0) is 12.2. The van der Waals surface area contributed by atoms with Gasteiger partial charge in [-0.05, 0) is 26.2 Å². The van der Waals surface area contributed by atoms with Crippen molar-refractivity contribution in [1.29, 1.82) is 0 Å². The van der Waals surface area contributed by atoms with Crippen LogP contribution in [0.3, 0.4) is 0 Å². The smallest absolute Gasteiger partial charge is 0.236 e. The van der Waals surface area contributed by atoms with Crippen molar-refractivity contribution in [3.8, 4) is 0 Å². The van der Waals surface area contributed by atoms with E-state index in [1.807, 2.05) is 6.92 Å². The van der Waals surface area contributed by atoms with Crippen molar-refractivity contribution in [2.75, 3.05) is 33.5 Å². The summed E-state index contributed by atoms with van der Waals surface area (Å²) in [6, 6.07) is -0.428. The molecule has 0 aromatic rings. The molecule has 0 heterocycles. The summed E-state index contributed by atoms with van der Waals surface area (Å²) in [5.41, 5.74) is 5.70. The summed E-state index contributed by atoms with van der Waals surface area (Å²) in [4.78, 5) is 11.5. The van der Waals surface area contributed by atoms with Gasteiger partial charge >= 0.3 is 0 Å². The number of hydrogen-bond acceptors (Lipinski definition) is 4. The van der Waals surface area contributed by atoms with Crippen LogP contribution in [0.15, 0.2) is 0 Å². The Kier molecular flexibility index (Phi) is 10.4. The van der Waals surface area contributed by atoms with Crippen LogP contribution in [0.1, 0.15) is 26.2 Å². The highest BCUT2D eigenvalue weighted by molar-refractivity contribution is 5.81. The SMILES string of the molecule is CCOCCCNC(=O)C(N)CCCOC. The lowest BCUT2D eigenvalue weighted by Crippen LogP contribution is -2.41. The zero-order valence-corrected chi connectivity index (χ0v) is 10.3. The molecule has 3 N–H and O–H groups in total. The molecule has 1 amide bonds. The first-order chi connectivity index (χ1) is 7.72. The topological polar surface area (TPSA) is 73.6 Å². The molecule has 1 atom stereocenters. The largest absolute Gasteiger partial charge is 0.385 e. The Bertz CT molecular complexity index is 177. The van der Waals surface area contributed by atoms with Crippen molar-refractivity contribution >= 4 is 5.91 Å². The van der Waals surface area contributed by atoms with Gasteiger partial charge in [-0.3, -0.25) is 4.79 Å². The maximum absolute atomic E-state index is 11.5. The molecule has 0 aromatic carbocycles. The van der Waals surface area contributed by atoms with E-state index in [0.717, 1.165) is 12.8 Å². The second-order valence-electron chi connectivity index (χ2n) is 3.58. The Hall–Kier alpha value is -0.650. The van der Waals surface area contributed by atoms with E-state index in [4.69, 9.17) is 15.2 Å². The van der Waals surface area contributed by atoms with Gasteiger partial charge in [-0.1, -0.05) is 0 Å². The maximum atomic E-state index is 11.5. The molecule has 0 rings (SSSR count). The van der Waals surface area contributed by atoms with Gasteiger partial charge in [-0.2, -0.15) is 0 Å². The summed E-state index contributed by atoms with van der Waals surface area (Å²) in [7, 11) is 1.64. The van der Waals surface area contributed by atoms with E-state index in [1.54, 1.807) is 7.11 Å². The molecule has 0 fully saturated rings. The lowest BCUT2D eigenvalue weighted by Gasteiger charge is -2.11. The van der Waals surface area contributed by atoms with Crippen molar-refractivity contribution in [2.45, 2.75) is 32.2 Å². The van der Waals surface area contributed by atoms with Crippen LogP contribution in [0.2, 0.25) is 0 Å². The third-order valence-electron chi connectivity index (χ3n) is 2.17. The Labute approximate surface area is 97.7 Å². The minimum atomic E-state index is -0.428. The van der Waals surface area contributed by atoms with E-state index in [-0.39, 0.29) is 5.91 Å². The second-order valence-corrected chi connectivity index (χ2v) is 3.58. The molecular weight excluding hydrogens is 208 g/mol. The number of carbonyl (C=O) groups is 1. The number of nitrogens with two attached hydrogens (primary N) is 1. The molecule has 0 saturated carbocycles. The molecule has 0 aliphatic heterocycles. The van der Waals surface area contributed by atoms with E-state index in [9.17, 15) is 4.79 Å². The number of nitrogens with one attached hydrogen (secondary N) is 1. The van der Waals surface area contributed by atoms with Gasteiger partial charge in [-0.25, -0.2) is 0 Å². The van der Waals surface area contributed by atoms with Gasteiger partial charge in [0.25, 0.3) is 0 Å². The van der Waals surface area contributed by atoms with Gasteiger partial charge < -0.3 is 20.5 Å².